The van der Waals surface area contributed by atoms with E-state index in [1.807, 2.05) is 70.3 Å². The molecule has 2 fully saturated rings. The van der Waals surface area contributed by atoms with Crippen LogP contribution < -0.4 is 10.6 Å². The lowest BCUT2D eigenvalue weighted by Gasteiger charge is -2.40. The van der Waals surface area contributed by atoms with E-state index in [-0.39, 0.29) is 29.7 Å². The Balaban J connectivity index is 1.21. The zero-order valence-corrected chi connectivity index (χ0v) is 24.0. The van der Waals surface area contributed by atoms with Crippen LogP contribution in [0.5, 0.6) is 0 Å². The Morgan fingerprint density at radius 3 is 2.57 bits per heavy atom. The molecule has 0 aliphatic carbocycles. The van der Waals surface area contributed by atoms with Crippen LogP contribution in [0, 0.1) is 11.3 Å². The number of aromatic nitrogens is 1. The van der Waals surface area contributed by atoms with Gasteiger partial charge >= 0.3 is 0 Å². The van der Waals surface area contributed by atoms with Crippen molar-refractivity contribution in [1.82, 2.24) is 20.1 Å². The number of fused-ring (bicyclic) bond motifs is 2. The molecule has 4 heterocycles. The number of nitrogens with zero attached hydrogens (tertiary/aromatic N) is 2. The Morgan fingerprint density at radius 1 is 0.952 bits per heavy atom. The number of hydrogen-bond acceptors (Lipinski definition) is 4. The maximum absolute atomic E-state index is 13.8. The molecule has 0 unspecified atom stereocenters. The van der Waals surface area contributed by atoms with Gasteiger partial charge in [0, 0.05) is 56.4 Å². The fraction of sp³-hybridized carbons (Fsp3) is 0.441. The molecule has 3 aliphatic heterocycles. The van der Waals surface area contributed by atoms with E-state index in [4.69, 9.17) is 4.74 Å². The molecule has 0 bridgehead atoms. The molecule has 1 aromatic heterocycles. The second-order valence-corrected chi connectivity index (χ2v) is 12.0. The molecule has 0 saturated carbocycles. The van der Waals surface area contributed by atoms with Gasteiger partial charge in [-0.15, -0.1) is 0 Å². The first kappa shape index (κ1) is 28.2. The second kappa shape index (κ2) is 12.5. The lowest BCUT2D eigenvalue weighted by atomic mass is 9.75. The van der Waals surface area contributed by atoms with Gasteiger partial charge in [0.25, 0.3) is 0 Å². The van der Waals surface area contributed by atoms with E-state index in [2.05, 4.69) is 28.9 Å². The molecule has 8 nitrogen and oxygen atoms in total. The zero-order valence-electron chi connectivity index (χ0n) is 24.0. The molecule has 2 saturated heterocycles. The average molecular weight is 569 g/mol. The van der Waals surface area contributed by atoms with Gasteiger partial charge in [0.1, 0.15) is 12.6 Å². The minimum Gasteiger partial charge on any atom is -0.381 e. The number of carbonyl (C=O) groups excluding carboxylic acids is 3. The highest BCUT2D eigenvalue weighted by Crippen LogP contribution is 2.36. The van der Waals surface area contributed by atoms with E-state index in [0.717, 1.165) is 22.9 Å². The third kappa shape index (κ3) is 6.14. The van der Waals surface area contributed by atoms with Crippen molar-refractivity contribution in [3.8, 4) is 0 Å². The predicted octanol–water partition coefficient (Wildman–Crippen LogP) is 3.85. The fourth-order valence-electron chi connectivity index (χ4n) is 6.73. The standard InChI is InChI=1S/C34H40N4O4/c39-31(24-37-18-13-26-10-4-5-12-30(26)37)38-19-14-28-27(23-38)11-6-7-15-34(16-20-42-21-17-34)33(41)36-29(32(40)35-28)22-25-8-2-1-3-9-25/h1-10,12-13,18,27-29H,11,14-17,19-24H2,(H,35,40)(H,36,41)/b7-6+/t27-,28+,29-/m1/s1. The Kier molecular flexibility index (Phi) is 8.42. The van der Waals surface area contributed by atoms with Gasteiger partial charge in [-0.25, -0.2) is 0 Å². The lowest BCUT2D eigenvalue weighted by molar-refractivity contribution is -0.140. The van der Waals surface area contributed by atoms with Gasteiger partial charge < -0.3 is 24.8 Å². The summed E-state index contributed by atoms with van der Waals surface area (Å²) in [6.45, 7) is 2.54. The number of para-hydroxylation sites is 1. The lowest BCUT2D eigenvalue weighted by Crippen LogP contribution is -2.58. The van der Waals surface area contributed by atoms with Crippen LogP contribution in [0.15, 0.2) is 79.0 Å². The Hall–Kier alpha value is -3.91. The molecule has 220 valence electrons. The van der Waals surface area contributed by atoms with Crippen molar-refractivity contribution >= 4 is 28.6 Å². The van der Waals surface area contributed by atoms with Gasteiger partial charge in [0.15, 0.2) is 0 Å². The summed E-state index contributed by atoms with van der Waals surface area (Å²) in [7, 11) is 0. The van der Waals surface area contributed by atoms with Crippen molar-refractivity contribution in [2.45, 2.75) is 57.2 Å². The van der Waals surface area contributed by atoms with Crippen LogP contribution >= 0.6 is 0 Å². The number of ether oxygens (including phenoxy) is 1. The molecular formula is C34H40N4O4. The smallest absolute Gasteiger partial charge is 0.243 e. The van der Waals surface area contributed by atoms with Gasteiger partial charge in [-0.1, -0.05) is 60.7 Å². The summed E-state index contributed by atoms with van der Waals surface area (Å²) < 4.78 is 7.62. The fourth-order valence-corrected chi connectivity index (χ4v) is 6.73. The van der Waals surface area contributed by atoms with E-state index < -0.39 is 11.5 Å². The number of nitrogens with one attached hydrogen (secondary N) is 2. The monoisotopic (exact) mass is 568 g/mol. The second-order valence-electron chi connectivity index (χ2n) is 12.0. The summed E-state index contributed by atoms with van der Waals surface area (Å²) in [5.41, 5.74) is 1.47. The minimum absolute atomic E-state index is 0.0680. The Bertz CT molecular complexity index is 1440. The largest absolute Gasteiger partial charge is 0.381 e. The average Bonchev–Trinajstić information content (AvgIpc) is 3.42. The first-order chi connectivity index (χ1) is 20.5. The van der Waals surface area contributed by atoms with Crippen molar-refractivity contribution in [3.05, 3.63) is 84.6 Å². The summed E-state index contributed by atoms with van der Waals surface area (Å²) in [6, 6.07) is 19.2. The maximum Gasteiger partial charge on any atom is 0.243 e. The third-order valence-corrected chi connectivity index (χ3v) is 9.35. The third-order valence-electron chi connectivity index (χ3n) is 9.35. The van der Waals surface area contributed by atoms with Crippen molar-refractivity contribution in [2.75, 3.05) is 26.3 Å². The van der Waals surface area contributed by atoms with Crippen LogP contribution in [0.3, 0.4) is 0 Å². The number of piperidine rings is 1. The summed E-state index contributed by atoms with van der Waals surface area (Å²) in [6.07, 6.45) is 9.96. The van der Waals surface area contributed by atoms with Crippen LogP contribution in [0.4, 0.5) is 0 Å². The molecule has 3 aliphatic rings. The topological polar surface area (TPSA) is 92.7 Å². The summed E-state index contributed by atoms with van der Waals surface area (Å²) >= 11 is 0. The maximum atomic E-state index is 13.8. The number of amides is 3. The van der Waals surface area contributed by atoms with Crippen molar-refractivity contribution in [1.29, 1.82) is 0 Å². The number of benzene rings is 2. The van der Waals surface area contributed by atoms with Crippen LogP contribution in [-0.4, -0.2) is 65.6 Å². The summed E-state index contributed by atoms with van der Waals surface area (Å²) in [5, 5.41) is 7.56. The van der Waals surface area contributed by atoms with E-state index in [0.29, 0.717) is 65.0 Å². The normalized spacial score (nSPS) is 25.5. The molecule has 3 aromatic rings. The van der Waals surface area contributed by atoms with Gasteiger partial charge in [-0.3, -0.25) is 14.4 Å². The molecule has 42 heavy (non-hydrogen) atoms. The molecule has 6 rings (SSSR count). The molecule has 3 amide bonds. The van der Waals surface area contributed by atoms with Crippen LogP contribution in [0.2, 0.25) is 0 Å². The highest BCUT2D eigenvalue weighted by molar-refractivity contribution is 5.91. The molecule has 0 radical (unpaired) electrons. The van der Waals surface area contributed by atoms with E-state index in [1.54, 1.807) is 0 Å². The Morgan fingerprint density at radius 2 is 1.74 bits per heavy atom. The minimum atomic E-state index is -0.676. The first-order valence-corrected chi connectivity index (χ1v) is 15.2. The number of hydrogen-bond donors (Lipinski definition) is 2. The molecule has 2 aromatic carbocycles. The predicted molar refractivity (Wildman–Crippen MR) is 161 cm³/mol. The van der Waals surface area contributed by atoms with Gasteiger partial charge in [-0.2, -0.15) is 0 Å². The van der Waals surface area contributed by atoms with E-state index >= 15 is 0 Å². The molecule has 1 spiro atoms. The van der Waals surface area contributed by atoms with Crippen molar-refractivity contribution in [2.24, 2.45) is 11.3 Å². The molecule has 8 heteroatoms. The van der Waals surface area contributed by atoms with Gasteiger partial charge in [-0.05, 0) is 55.2 Å². The van der Waals surface area contributed by atoms with Crippen LogP contribution in [0.1, 0.15) is 37.7 Å². The van der Waals surface area contributed by atoms with Gasteiger partial charge in [0.05, 0.1) is 5.41 Å². The van der Waals surface area contributed by atoms with Crippen LogP contribution in [0.25, 0.3) is 10.9 Å². The SMILES string of the molecule is O=C1N[C@H]2CCN(C(=O)Cn3ccc4ccccc43)C[C@H]2C/C=C/CC2(CCOCC2)C(=O)N[C@@H]1Cc1ccccc1. The molecular weight excluding hydrogens is 528 g/mol. The molecule has 2 N–H and O–H groups in total. The van der Waals surface area contributed by atoms with Gasteiger partial charge in [0.2, 0.25) is 17.7 Å². The Labute approximate surface area is 247 Å². The number of allylic oxidation sites excluding steroid dienone is 2. The number of rotatable bonds is 4. The number of carbonyl (C=O) groups is 3. The quantitative estimate of drug-likeness (QED) is 0.468. The number of likely N-dealkylation sites (tertiary alicyclic amines) is 1. The van der Waals surface area contributed by atoms with E-state index in [9.17, 15) is 14.4 Å². The highest BCUT2D eigenvalue weighted by Gasteiger charge is 2.41. The summed E-state index contributed by atoms with van der Waals surface area (Å²) in [4.78, 5) is 43.0. The highest BCUT2D eigenvalue weighted by atomic mass is 16.5. The van der Waals surface area contributed by atoms with Crippen molar-refractivity contribution < 1.29 is 19.1 Å². The zero-order chi connectivity index (χ0) is 28.9. The van der Waals surface area contributed by atoms with Crippen LogP contribution in [-0.2, 0) is 32.1 Å². The molecule has 3 atom stereocenters. The van der Waals surface area contributed by atoms with Crippen molar-refractivity contribution in [3.63, 3.8) is 0 Å². The first-order valence-electron chi connectivity index (χ1n) is 15.2. The summed E-state index contributed by atoms with van der Waals surface area (Å²) in [5.74, 6) is -0.0526. The van der Waals surface area contributed by atoms with E-state index in [1.165, 1.54) is 0 Å².